The van der Waals surface area contributed by atoms with E-state index in [-0.39, 0.29) is 0 Å². The molecule has 17 rings (SSSR count). The van der Waals surface area contributed by atoms with E-state index in [2.05, 4.69) is 255 Å². The molecule has 0 radical (unpaired) electrons. The van der Waals surface area contributed by atoms with Crippen molar-refractivity contribution in [3.05, 3.63) is 255 Å². The quantitative estimate of drug-likeness (QED) is 0.146. The Kier molecular flexibility index (Phi) is 8.97. The number of rotatable bonds is 6. The molecule has 17 aromatic rings. The zero-order valence-electron chi connectivity index (χ0n) is 41.1. The second-order valence-electron chi connectivity index (χ2n) is 20.6. The molecule has 2 aromatic heterocycles. The van der Waals surface area contributed by atoms with Crippen LogP contribution in [0.1, 0.15) is 0 Å². The van der Waals surface area contributed by atoms with Crippen LogP contribution in [0.25, 0.3) is 172 Å². The van der Waals surface area contributed by atoms with Crippen LogP contribution in [0.3, 0.4) is 0 Å². The molecule has 2 heteroatoms. The molecular formula is C74H42S2. The van der Waals surface area contributed by atoms with Gasteiger partial charge in [0.25, 0.3) is 0 Å². The average Bonchev–Trinajstić information content (AvgIpc) is 4.11. The van der Waals surface area contributed by atoms with Crippen molar-refractivity contribution in [3.8, 4) is 66.8 Å². The largest absolute Gasteiger partial charge is 0.135 e. The van der Waals surface area contributed by atoms with Crippen molar-refractivity contribution in [1.29, 1.82) is 0 Å². The summed E-state index contributed by atoms with van der Waals surface area (Å²) in [5, 5.41) is 21.0. The van der Waals surface area contributed by atoms with Crippen LogP contribution in [0.2, 0.25) is 0 Å². The highest BCUT2D eigenvalue weighted by Crippen LogP contribution is 2.49. The Morgan fingerprint density at radius 1 is 0.184 bits per heavy atom. The zero-order valence-corrected chi connectivity index (χ0v) is 42.7. The van der Waals surface area contributed by atoms with Gasteiger partial charge in [-0.2, -0.15) is 0 Å². The first-order valence-corrected chi connectivity index (χ1v) is 27.8. The normalized spacial score (nSPS) is 12.2. The Morgan fingerprint density at radius 3 is 0.934 bits per heavy atom. The highest BCUT2D eigenvalue weighted by Gasteiger charge is 2.20. The van der Waals surface area contributed by atoms with Crippen LogP contribution in [-0.2, 0) is 0 Å². The summed E-state index contributed by atoms with van der Waals surface area (Å²) in [6.45, 7) is 0. The molecule has 0 aliphatic heterocycles. The Bertz CT molecular complexity index is 4890. The average molecular weight is 995 g/mol. The van der Waals surface area contributed by atoms with Gasteiger partial charge < -0.3 is 0 Å². The van der Waals surface area contributed by atoms with Crippen molar-refractivity contribution < 1.29 is 0 Å². The summed E-state index contributed by atoms with van der Waals surface area (Å²) in [7, 11) is 0. The van der Waals surface area contributed by atoms with Gasteiger partial charge in [-0.1, -0.05) is 231 Å². The number of fused-ring (bicyclic) bond motifs is 6. The van der Waals surface area contributed by atoms with E-state index in [0.29, 0.717) is 0 Å². The van der Waals surface area contributed by atoms with Crippen molar-refractivity contribution in [2.45, 2.75) is 0 Å². The molecule has 0 spiro atoms. The Labute approximate surface area is 446 Å². The fraction of sp³-hybridized carbons (Fsp3) is 0. The second kappa shape index (κ2) is 16.2. The molecule has 15 aromatic carbocycles. The van der Waals surface area contributed by atoms with E-state index in [0.717, 1.165) is 0 Å². The van der Waals surface area contributed by atoms with Crippen molar-refractivity contribution in [2.24, 2.45) is 0 Å². The van der Waals surface area contributed by atoms with Crippen LogP contribution in [0, 0.1) is 0 Å². The molecule has 0 N–H and O–H groups in total. The Morgan fingerprint density at radius 2 is 0.513 bits per heavy atom. The Balaban J connectivity index is 0.714. The standard InChI is InChI=1S/C74H42S2/c1-3-19-67-57(13-1)65-17-7-15-63(73(65)75-67)55-35-27-47-29-37-59-53(33-25-45-31-39-61(55)71(47)69(45)59)51-11-5-9-49(41-51)43-21-23-44(24-22-43)50-10-6-12-52(42-50)54-34-26-46-32-40-62-56(36-28-48-30-38-60(54)70(46)72(48)62)64-16-8-18-66-58-14-2-4-20-68(58)76-74(64)66/h1-42H. The van der Waals surface area contributed by atoms with E-state index >= 15 is 0 Å². The molecule has 0 aliphatic rings. The smallest absolute Gasteiger partial charge is 0.0434 e. The molecule has 0 nitrogen and oxygen atoms in total. The van der Waals surface area contributed by atoms with Gasteiger partial charge in [-0.25, -0.2) is 0 Å². The number of hydrogen-bond acceptors (Lipinski definition) is 2. The molecule has 350 valence electrons. The lowest BCUT2D eigenvalue weighted by atomic mass is 9.86. The lowest BCUT2D eigenvalue weighted by molar-refractivity contribution is 1.58. The molecule has 0 aliphatic carbocycles. The van der Waals surface area contributed by atoms with Crippen molar-refractivity contribution in [1.82, 2.24) is 0 Å². The van der Waals surface area contributed by atoms with E-state index in [1.807, 2.05) is 22.7 Å². The van der Waals surface area contributed by atoms with Gasteiger partial charge in [0.1, 0.15) is 0 Å². The van der Waals surface area contributed by atoms with Crippen molar-refractivity contribution in [2.75, 3.05) is 0 Å². The monoisotopic (exact) mass is 994 g/mol. The van der Waals surface area contributed by atoms with E-state index < -0.39 is 0 Å². The maximum atomic E-state index is 2.37. The molecule has 76 heavy (non-hydrogen) atoms. The van der Waals surface area contributed by atoms with E-state index in [1.165, 1.54) is 172 Å². The highest BCUT2D eigenvalue weighted by atomic mass is 32.1. The van der Waals surface area contributed by atoms with Gasteiger partial charge >= 0.3 is 0 Å². The summed E-state index contributed by atoms with van der Waals surface area (Å²) < 4.78 is 5.37. The van der Waals surface area contributed by atoms with Crippen molar-refractivity contribution in [3.63, 3.8) is 0 Å². The van der Waals surface area contributed by atoms with Crippen molar-refractivity contribution >= 4 is 128 Å². The van der Waals surface area contributed by atoms with Crippen LogP contribution in [0.15, 0.2) is 255 Å². The predicted octanol–water partition coefficient (Wildman–Crippen LogP) is 22.2. The summed E-state index contributed by atoms with van der Waals surface area (Å²) in [6, 6.07) is 95.9. The zero-order chi connectivity index (χ0) is 49.6. The third-order valence-corrected chi connectivity index (χ3v) is 19.1. The molecule has 0 bridgehead atoms. The molecule has 0 unspecified atom stereocenters. The van der Waals surface area contributed by atoms with Gasteiger partial charge in [0.05, 0.1) is 0 Å². The van der Waals surface area contributed by atoms with Crippen LogP contribution in [0.4, 0.5) is 0 Å². The first-order valence-electron chi connectivity index (χ1n) is 26.2. The fourth-order valence-corrected chi connectivity index (χ4v) is 15.5. The van der Waals surface area contributed by atoms with E-state index in [4.69, 9.17) is 0 Å². The minimum atomic E-state index is 1.20. The van der Waals surface area contributed by atoms with E-state index in [9.17, 15) is 0 Å². The maximum absolute atomic E-state index is 2.37. The van der Waals surface area contributed by atoms with Crippen LogP contribution in [0.5, 0.6) is 0 Å². The van der Waals surface area contributed by atoms with E-state index in [1.54, 1.807) is 0 Å². The third kappa shape index (κ3) is 6.17. The lowest BCUT2D eigenvalue weighted by Gasteiger charge is -2.17. The molecule has 0 amide bonds. The summed E-state index contributed by atoms with van der Waals surface area (Å²) in [4.78, 5) is 0. The van der Waals surface area contributed by atoms with Gasteiger partial charge in [0.2, 0.25) is 0 Å². The van der Waals surface area contributed by atoms with Gasteiger partial charge in [-0.3, -0.25) is 0 Å². The summed E-state index contributed by atoms with van der Waals surface area (Å²) in [6.07, 6.45) is 0. The van der Waals surface area contributed by atoms with Crippen LogP contribution < -0.4 is 0 Å². The van der Waals surface area contributed by atoms with Crippen LogP contribution >= 0.6 is 22.7 Å². The number of hydrogen-bond donors (Lipinski definition) is 0. The molecule has 2 heterocycles. The lowest BCUT2D eigenvalue weighted by Crippen LogP contribution is -1.90. The first-order chi connectivity index (χ1) is 37.7. The summed E-state index contributed by atoms with van der Waals surface area (Å²) in [5.74, 6) is 0. The SMILES string of the molecule is c1cc(-c2ccc(-c3cccc(-c4ccc5ccc6c(-c7cccc8c7sc7ccccc78)ccc7ccc4c5c76)c3)cc2)cc(-c2ccc3ccc4c(-c5cccc6c5sc5ccccc56)ccc5ccc2c3c54)c1. The first kappa shape index (κ1) is 42.2. The van der Waals surface area contributed by atoms with Crippen LogP contribution in [-0.4, -0.2) is 0 Å². The van der Waals surface area contributed by atoms with Gasteiger partial charge in [-0.15, -0.1) is 22.7 Å². The molecule has 0 atom stereocenters. The topological polar surface area (TPSA) is 0 Å². The third-order valence-electron chi connectivity index (χ3n) is 16.6. The van der Waals surface area contributed by atoms with Gasteiger partial charge in [0.15, 0.2) is 0 Å². The minimum absolute atomic E-state index is 1.20. The molecule has 0 fully saturated rings. The fourth-order valence-electron chi connectivity index (χ4n) is 13.1. The minimum Gasteiger partial charge on any atom is -0.135 e. The molecule has 0 saturated heterocycles. The molecular weight excluding hydrogens is 953 g/mol. The Hall–Kier alpha value is -9.18. The predicted molar refractivity (Wildman–Crippen MR) is 332 cm³/mol. The summed E-state index contributed by atoms with van der Waals surface area (Å²) >= 11 is 3.80. The number of benzene rings is 15. The highest BCUT2D eigenvalue weighted by molar-refractivity contribution is 7.26. The van der Waals surface area contributed by atoms with Gasteiger partial charge in [-0.05, 0) is 145 Å². The second-order valence-corrected chi connectivity index (χ2v) is 22.7. The summed E-state index contributed by atoms with van der Waals surface area (Å²) in [5.41, 5.74) is 15.0. The maximum Gasteiger partial charge on any atom is 0.0434 e. The number of thiophene rings is 2. The molecule has 0 saturated carbocycles. The van der Waals surface area contributed by atoms with Gasteiger partial charge in [0, 0.05) is 51.5 Å².